The minimum Gasteiger partial charge on any atom is -0.480 e. The summed E-state index contributed by atoms with van der Waals surface area (Å²) < 4.78 is 0.533. The third-order valence-corrected chi connectivity index (χ3v) is 3.79. The van der Waals surface area contributed by atoms with Crippen LogP contribution in [0, 0.1) is 13.7 Å². The summed E-state index contributed by atoms with van der Waals surface area (Å²) in [6.45, 7) is 1.65. The molecule has 20 heavy (non-hydrogen) atoms. The minimum absolute atomic E-state index is 0.127. The number of hydrogen-bond donors (Lipinski definition) is 1. The highest BCUT2D eigenvalue weighted by Gasteiger charge is 2.27. The number of nitro benzene ring substituents is 1. The lowest BCUT2D eigenvalue weighted by Gasteiger charge is -2.24. The summed E-state index contributed by atoms with van der Waals surface area (Å²) in [4.78, 5) is 34.6. The first-order valence-corrected chi connectivity index (χ1v) is 6.81. The molecule has 8 heteroatoms. The largest absolute Gasteiger partial charge is 0.480 e. The molecule has 0 heterocycles. The molecule has 0 aliphatic carbocycles. The van der Waals surface area contributed by atoms with E-state index in [1.165, 1.54) is 19.2 Å². The van der Waals surface area contributed by atoms with Gasteiger partial charge >= 0.3 is 5.97 Å². The smallest absolute Gasteiger partial charge is 0.326 e. The van der Waals surface area contributed by atoms with Crippen molar-refractivity contribution in [2.24, 2.45) is 0 Å². The van der Waals surface area contributed by atoms with Crippen molar-refractivity contribution < 1.29 is 19.6 Å². The van der Waals surface area contributed by atoms with Crippen LogP contribution in [0.3, 0.4) is 0 Å². The molecule has 1 atom stereocenters. The Morgan fingerprint density at radius 3 is 2.55 bits per heavy atom. The number of rotatable bonds is 5. The zero-order valence-corrected chi connectivity index (χ0v) is 13.0. The van der Waals surface area contributed by atoms with Gasteiger partial charge in [0.25, 0.3) is 11.6 Å². The number of halogens is 1. The molecule has 0 radical (unpaired) electrons. The molecule has 1 aromatic carbocycles. The van der Waals surface area contributed by atoms with E-state index in [-0.39, 0.29) is 17.7 Å². The number of carbonyl (C=O) groups is 2. The molecule has 0 fully saturated rings. The van der Waals surface area contributed by atoms with Gasteiger partial charge in [-0.2, -0.15) is 0 Å². The first kappa shape index (κ1) is 16.3. The standard InChI is InChI=1S/C12H13IN2O5/c1-3-10(12(17)18)14(2)11(16)8-6-7(15(19)20)4-5-9(8)13/h4-6,10H,3H2,1-2H3,(H,17,18). The summed E-state index contributed by atoms with van der Waals surface area (Å²) in [5, 5.41) is 19.8. The number of carboxylic acids is 1. The number of benzene rings is 1. The number of carbonyl (C=O) groups excluding carboxylic acids is 1. The van der Waals surface area contributed by atoms with Crippen molar-refractivity contribution in [3.63, 3.8) is 0 Å². The van der Waals surface area contributed by atoms with Crippen LogP contribution in [-0.2, 0) is 4.79 Å². The van der Waals surface area contributed by atoms with Gasteiger partial charge in [-0.1, -0.05) is 6.92 Å². The molecular formula is C12H13IN2O5. The second-order valence-electron chi connectivity index (χ2n) is 4.10. The third-order valence-electron chi connectivity index (χ3n) is 2.85. The molecule has 0 saturated heterocycles. The van der Waals surface area contributed by atoms with Gasteiger partial charge < -0.3 is 10.0 Å². The lowest BCUT2D eigenvalue weighted by molar-refractivity contribution is -0.384. The van der Waals surface area contributed by atoms with Gasteiger partial charge in [-0.05, 0) is 35.1 Å². The molecule has 0 bridgehead atoms. The fourth-order valence-electron chi connectivity index (χ4n) is 1.74. The summed E-state index contributed by atoms with van der Waals surface area (Å²) in [5.41, 5.74) is -0.0764. The Labute approximate surface area is 128 Å². The molecule has 108 valence electrons. The van der Waals surface area contributed by atoms with E-state index in [0.29, 0.717) is 3.57 Å². The molecule has 1 unspecified atom stereocenters. The lowest BCUT2D eigenvalue weighted by atomic mass is 10.1. The highest BCUT2D eigenvalue weighted by molar-refractivity contribution is 14.1. The van der Waals surface area contributed by atoms with Gasteiger partial charge in [0.15, 0.2) is 0 Å². The molecule has 7 nitrogen and oxygen atoms in total. The van der Waals surface area contributed by atoms with Crippen molar-refractivity contribution >= 4 is 40.2 Å². The van der Waals surface area contributed by atoms with Gasteiger partial charge in [-0.15, -0.1) is 0 Å². The summed E-state index contributed by atoms with van der Waals surface area (Å²) in [5.74, 6) is -1.66. The second-order valence-corrected chi connectivity index (χ2v) is 5.26. The molecular weight excluding hydrogens is 379 g/mol. The van der Waals surface area contributed by atoms with Crippen LogP contribution in [0.4, 0.5) is 5.69 Å². The monoisotopic (exact) mass is 392 g/mol. The van der Waals surface area contributed by atoms with E-state index < -0.39 is 22.8 Å². The SMILES string of the molecule is CCC(C(=O)O)N(C)C(=O)c1cc([N+](=O)[O-])ccc1I. The average Bonchev–Trinajstić information content (AvgIpc) is 2.38. The van der Waals surface area contributed by atoms with Gasteiger partial charge in [-0.25, -0.2) is 4.79 Å². The Morgan fingerprint density at radius 1 is 1.50 bits per heavy atom. The van der Waals surface area contributed by atoms with E-state index in [1.54, 1.807) is 6.92 Å². The summed E-state index contributed by atoms with van der Waals surface area (Å²) in [6, 6.07) is 2.96. The van der Waals surface area contributed by atoms with E-state index in [2.05, 4.69) is 0 Å². The van der Waals surface area contributed by atoms with E-state index in [4.69, 9.17) is 5.11 Å². The molecule has 0 spiro atoms. The van der Waals surface area contributed by atoms with Crippen LogP contribution in [0.5, 0.6) is 0 Å². The minimum atomic E-state index is -1.11. The van der Waals surface area contributed by atoms with Crippen molar-refractivity contribution in [1.82, 2.24) is 4.90 Å². The molecule has 1 N–H and O–H groups in total. The molecule has 0 aliphatic heterocycles. The number of likely N-dealkylation sites (N-methyl/N-ethyl adjacent to an activating group) is 1. The fraction of sp³-hybridized carbons (Fsp3) is 0.333. The zero-order valence-electron chi connectivity index (χ0n) is 10.9. The Hall–Kier alpha value is -1.71. The van der Waals surface area contributed by atoms with Crippen molar-refractivity contribution in [2.75, 3.05) is 7.05 Å². The van der Waals surface area contributed by atoms with Gasteiger partial charge in [0.2, 0.25) is 0 Å². The topological polar surface area (TPSA) is 101 Å². The van der Waals surface area contributed by atoms with Gasteiger partial charge in [0.1, 0.15) is 6.04 Å². The highest BCUT2D eigenvalue weighted by Crippen LogP contribution is 2.21. The number of hydrogen-bond acceptors (Lipinski definition) is 4. The maximum Gasteiger partial charge on any atom is 0.326 e. The van der Waals surface area contributed by atoms with Crippen LogP contribution in [0.1, 0.15) is 23.7 Å². The summed E-state index contributed by atoms with van der Waals surface area (Å²) >= 11 is 1.88. The van der Waals surface area contributed by atoms with Gasteiger partial charge in [0.05, 0.1) is 10.5 Å². The Bertz CT molecular complexity index is 561. The first-order valence-electron chi connectivity index (χ1n) is 5.73. The Kier molecular flexibility index (Phi) is 5.43. The predicted molar refractivity (Wildman–Crippen MR) is 79.6 cm³/mol. The maximum absolute atomic E-state index is 12.3. The molecule has 1 aromatic rings. The number of nitrogens with zero attached hydrogens (tertiary/aromatic N) is 2. The molecule has 0 saturated carbocycles. The molecule has 0 aliphatic rings. The quantitative estimate of drug-likeness (QED) is 0.470. The van der Waals surface area contributed by atoms with Crippen LogP contribution < -0.4 is 0 Å². The van der Waals surface area contributed by atoms with E-state index >= 15 is 0 Å². The van der Waals surface area contributed by atoms with E-state index in [1.807, 2.05) is 22.6 Å². The lowest BCUT2D eigenvalue weighted by Crippen LogP contribution is -2.42. The van der Waals surface area contributed by atoms with Crippen LogP contribution in [-0.4, -0.2) is 39.9 Å². The number of amides is 1. The number of nitro groups is 1. The molecule has 0 aromatic heterocycles. The van der Waals surface area contributed by atoms with Crippen LogP contribution >= 0.6 is 22.6 Å². The first-order chi connectivity index (χ1) is 9.29. The average molecular weight is 392 g/mol. The number of aliphatic carboxylic acids is 1. The Morgan fingerprint density at radius 2 is 2.10 bits per heavy atom. The Balaban J connectivity index is 3.17. The number of non-ortho nitro benzene ring substituents is 1. The number of carboxylic acid groups (broad SMARTS) is 1. The maximum atomic E-state index is 12.3. The van der Waals surface area contributed by atoms with Crippen molar-refractivity contribution in [1.29, 1.82) is 0 Å². The van der Waals surface area contributed by atoms with Gasteiger partial charge in [0, 0.05) is 22.8 Å². The van der Waals surface area contributed by atoms with Crippen LogP contribution in [0.2, 0.25) is 0 Å². The van der Waals surface area contributed by atoms with Gasteiger partial charge in [-0.3, -0.25) is 14.9 Å². The van der Waals surface area contributed by atoms with Crippen molar-refractivity contribution in [3.8, 4) is 0 Å². The van der Waals surface area contributed by atoms with E-state index in [0.717, 1.165) is 11.0 Å². The second kappa shape index (κ2) is 6.64. The normalized spacial score (nSPS) is 11.8. The van der Waals surface area contributed by atoms with Crippen LogP contribution in [0.25, 0.3) is 0 Å². The molecule has 1 rings (SSSR count). The fourth-order valence-corrected chi connectivity index (χ4v) is 2.30. The summed E-state index contributed by atoms with van der Waals surface area (Å²) in [7, 11) is 1.37. The predicted octanol–water partition coefficient (Wildman–Crippen LogP) is 2.13. The van der Waals surface area contributed by atoms with Crippen molar-refractivity contribution in [2.45, 2.75) is 19.4 Å². The third kappa shape index (κ3) is 3.44. The zero-order chi connectivity index (χ0) is 15.4. The van der Waals surface area contributed by atoms with E-state index in [9.17, 15) is 19.7 Å². The van der Waals surface area contributed by atoms with Crippen molar-refractivity contribution in [3.05, 3.63) is 37.4 Å². The van der Waals surface area contributed by atoms with Crippen LogP contribution in [0.15, 0.2) is 18.2 Å². The summed E-state index contributed by atoms with van der Waals surface area (Å²) in [6.07, 6.45) is 0.253. The highest BCUT2D eigenvalue weighted by atomic mass is 127. The molecule has 1 amide bonds.